The average molecular weight is 284 g/mol. The Morgan fingerprint density at radius 2 is 2.00 bits per heavy atom. The van der Waals surface area contributed by atoms with Crippen molar-refractivity contribution in [1.29, 1.82) is 0 Å². The Hall–Kier alpha value is -2.56. The van der Waals surface area contributed by atoms with E-state index in [9.17, 15) is 4.79 Å². The van der Waals surface area contributed by atoms with E-state index in [0.29, 0.717) is 17.9 Å². The third kappa shape index (κ3) is 3.51. The molecule has 5 nitrogen and oxygen atoms in total. The van der Waals surface area contributed by atoms with Gasteiger partial charge in [0.25, 0.3) is 0 Å². The van der Waals surface area contributed by atoms with Gasteiger partial charge in [0.1, 0.15) is 5.82 Å². The van der Waals surface area contributed by atoms with E-state index in [0.717, 1.165) is 11.3 Å². The molecule has 0 unspecified atom stereocenters. The Kier molecular flexibility index (Phi) is 4.42. The summed E-state index contributed by atoms with van der Waals surface area (Å²) < 4.78 is 0. The molecule has 2 rings (SSSR count). The molecule has 0 spiro atoms. The molecule has 0 atom stereocenters. The molecule has 0 saturated heterocycles. The molecular formula is C16H20N4O. The third-order valence-corrected chi connectivity index (χ3v) is 3.34. The van der Waals surface area contributed by atoms with E-state index in [1.54, 1.807) is 18.3 Å². The molecule has 0 aliphatic heterocycles. The van der Waals surface area contributed by atoms with Gasteiger partial charge >= 0.3 is 0 Å². The lowest BCUT2D eigenvalue weighted by molar-refractivity contribution is 0.1000. The number of pyridine rings is 1. The Labute approximate surface area is 124 Å². The second kappa shape index (κ2) is 6.26. The van der Waals surface area contributed by atoms with Crippen LogP contribution in [0, 0.1) is 0 Å². The van der Waals surface area contributed by atoms with Crippen LogP contribution in [0.5, 0.6) is 0 Å². The molecule has 1 aromatic carbocycles. The topological polar surface area (TPSA) is 85.2 Å². The van der Waals surface area contributed by atoms with Crippen molar-refractivity contribution in [2.24, 2.45) is 5.73 Å². The predicted octanol–water partition coefficient (Wildman–Crippen LogP) is 2.18. The number of primary amides is 1. The Bertz CT molecular complexity index is 640. The minimum atomic E-state index is -0.457. The van der Waals surface area contributed by atoms with Gasteiger partial charge in [-0.05, 0) is 37.6 Å². The lowest BCUT2D eigenvalue weighted by Gasteiger charge is -2.28. The van der Waals surface area contributed by atoms with Crippen molar-refractivity contribution in [2.75, 3.05) is 10.6 Å². The minimum absolute atomic E-state index is 0.209. The average Bonchev–Trinajstić information content (AvgIpc) is 2.46. The number of amides is 1. The summed E-state index contributed by atoms with van der Waals surface area (Å²) in [6.07, 6.45) is 1.60. The van der Waals surface area contributed by atoms with Crippen LogP contribution in [0.3, 0.4) is 0 Å². The number of nitrogens with zero attached hydrogens (tertiary/aromatic N) is 2. The highest BCUT2D eigenvalue weighted by molar-refractivity contribution is 5.93. The number of nitrogen functional groups attached to an aromatic ring is 1. The van der Waals surface area contributed by atoms with Crippen LogP contribution in [-0.4, -0.2) is 16.9 Å². The number of hydrogen-bond donors (Lipinski definition) is 2. The van der Waals surface area contributed by atoms with Gasteiger partial charge in [0.2, 0.25) is 5.91 Å². The highest BCUT2D eigenvalue weighted by atomic mass is 16.1. The van der Waals surface area contributed by atoms with Crippen molar-refractivity contribution < 1.29 is 4.79 Å². The van der Waals surface area contributed by atoms with Gasteiger partial charge < -0.3 is 16.4 Å². The van der Waals surface area contributed by atoms with Gasteiger partial charge in [0, 0.05) is 30.0 Å². The first kappa shape index (κ1) is 14.8. The standard InChI is InChI=1S/C16H20N4O/c1-11(2)20(10-13-5-3-4-6-14(13)17)15-9-12(16(18)21)7-8-19-15/h3-9,11H,10,17H2,1-2H3,(H2,18,21). The second-order valence-corrected chi connectivity index (χ2v) is 5.19. The molecule has 1 heterocycles. The number of anilines is 2. The van der Waals surface area contributed by atoms with Crippen molar-refractivity contribution in [3.8, 4) is 0 Å². The monoisotopic (exact) mass is 284 g/mol. The molecular weight excluding hydrogens is 264 g/mol. The van der Waals surface area contributed by atoms with E-state index in [1.165, 1.54) is 0 Å². The first-order chi connectivity index (χ1) is 9.99. The van der Waals surface area contributed by atoms with Gasteiger partial charge in [-0.25, -0.2) is 4.98 Å². The molecule has 21 heavy (non-hydrogen) atoms. The van der Waals surface area contributed by atoms with E-state index >= 15 is 0 Å². The minimum Gasteiger partial charge on any atom is -0.398 e. The fourth-order valence-electron chi connectivity index (χ4n) is 2.12. The third-order valence-electron chi connectivity index (χ3n) is 3.34. The number of rotatable bonds is 5. The maximum atomic E-state index is 11.3. The number of para-hydroxylation sites is 1. The Balaban J connectivity index is 2.34. The van der Waals surface area contributed by atoms with Gasteiger partial charge in [-0.15, -0.1) is 0 Å². The molecule has 5 heteroatoms. The van der Waals surface area contributed by atoms with Crippen LogP contribution < -0.4 is 16.4 Å². The summed E-state index contributed by atoms with van der Waals surface area (Å²) in [7, 11) is 0. The molecule has 2 aromatic rings. The fraction of sp³-hybridized carbons (Fsp3) is 0.250. The van der Waals surface area contributed by atoms with Gasteiger partial charge in [0.05, 0.1) is 0 Å². The highest BCUT2D eigenvalue weighted by Gasteiger charge is 2.15. The summed E-state index contributed by atoms with van der Waals surface area (Å²) in [6, 6.07) is 11.3. The zero-order chi connectivity index (χ0) is 15.4. The zero-order valence-corrected chi connectivity index (χ0v) is 12.3. The van der Waals surface area contributed by atoms with Crippen molar-refractivity contribution in [3.05, 3.63) is 53.7 Å². The van der Waals surface area contributed by atoms with E-state index in [-0.39, 0.29) is 6.04 Å². The van der Waals surface area contributed by atoms with Crippen LogP contribution in [0.1, 0.15) is 29.8 Å². The van der Waals surface area contributed by atoms with Gasteiger partial charge in [0.15, 0.2) is 0 Å². The molecule has 4 N–H and O–H groups in total. The molecule has 1 aromatic heterocycles. The van der Waals surface area contributed by atoms with Crippen LogP contribution >= 0.6 is 0 Å². The maximum Gasteiger partial charge on any atom is 0.248 e. The smallest absolute Gasteiger partial charge is 0.248 e. The zero-order valence-electron chi connectivity index (χ0n) is 12.3. The van der Waals surface area contributed by atoms with Crippen molar-refractivity contribution in [2.45, 2.75) is 26.4 Å². The molecule has 0 aliphatic carbocycles. The summed E-state index contributed by atoms with van der Waals surface area (Å²) in [5, 5.41) is 0. The summed E-state index contributed by atoms with van der Waals surface area (Å²) in [4.78, 5) is 17.7. The summed E-state index contributed by atoms with van der Waals surface area (Å²) in [5.41, 5.74) is 13.6. The van der Waals surface area contributed by atoms with Crippen LogP contribution in [0.2, 0.25) is 0 Å². The molecule has 1 amide bonds. The quantitative estimate of drug-likeness (QED) is 0.824. The number of benzene rings is 1. The predicted molar refractivity (Wildman–Crippen MR) is 84.9 cm³/mol. The first-order valence-electron chi connectivity index (χ1n) is 6.85. The van der Waals surface area contributed by atoms with Crippen molar-refractivity contribution in [3.63, 3.8) is 0 Å². The highest BCUT2D eigenvalue weighted by Crippen LogP contribution is 2.21. The molecule has 110 valence electrons. The first-order valence-corrected chi connectivity index (χ1v) is 6.85. The summed E-state index contributed by atoms with van der Waals surface area (Å²) in [5.74, 6) is 0.256. The van der Waals surface area contributed by atoms with Crippen LogP contribution in [-0.2, 0) is 6.54 Å². The van der Waals surface area contributed by atoms with E-state index in [1.807, 2.05) is 24.3 Å². The van der Waals surface area contributed by atoms with Crippen LogP contribution in [0.4, 0.5) is 11.5 Å². The number of hydrogen-bond acceptors (Lipinski definition) is 4. The number of carbonyl (C=O) groups excluding carboxylic acids is 1. The van der Waals surface area contributed by atoms with Gasteiger partial charge in [-0.2, -0.15) is 0 Å². The van der Waals surface area contributed by atoms with Gasteiger partial charge in [-0.3, -0.25) is 4.79 Å². The largest absolute Gasteiger partial charge is 0.398 e. The Morgan fingerprint density at radius 1 is 1.29 bits per heavy atom. The molecule has 0 aliphatic rings. The second-order valence-electron chi connectivity index (χ2n) is 5.19. The number of carbonyl (C=O) groups is 1. The lowest BCUT2D eigenvalue weighted by Crippen LogP contribution is -2.31. The normalized spacial score (nSPS) is 10.6. The summed E-state index contributed by atoms with van der Waals surface area (Å²) in [6.45, 7) is 4.76. The summed E-state index contributed by atoms with van der Waals surface area (Å²) >= 11 is 0. The van der Waals surface area contributed by atoms with E-state index in [4.69, 9.17) is 11.5 Å². The Morgan fingerprint density at radius 3 is 2.62 bits per heavy atom. The van der Waals surface area contributed by atoms with E-state index in [2.05, 4.69) is 23.7 Å². The maximum absolute atomic E-state index is 11.3. The number of nitrogens with two attached hydrogens (primary N) is 2. The van der Waals surface area contributed by atoms with Crippen LogP contribution in [0.25, 0.3) is 0 Å². The SMILES string of the molecule is CC(C)N(Cc1ccccc1N)c1cc(C(N)=O)ccn1. The molecule has 0 fully saturated rings. The molecule has 0 bridgehead atoms. The number of aromatic nitrogens is 1. The molecule has 0 radical (unpaired) electrons. The van der Waals surface area contributed by atoms with Crippen LogP contribution in [0.15, 0.2) is 42.6 Å². The van der Waals surface area contributed by atoms with Crippen molar-refractivity contribution >= 4 is 17.4 Å². The van der Waals surface area contributed by atoms with E-state index < -0.39 is 5.91 Å². The van der Waals surface area contributed by atoms with Gasteiger partial charge in [-0.1, -0.05) is 18.2 Å². The fourth-order valence-corrected chi connectivity index (χ4v) is 2.12. The molecule has 0 saturated carbocycles. The van der Waals surface area contributed by atoms with Crippen molar-refractivity contribution in [1.82, 2.24) is 4.98 Å². The lowest BCUT2D eigenvalue weighted by atomic mass is 10.1.